The molecule has 1 unspecified atom stereocenters. The number of para-hydroxylation sites is 1. The maximum Gasteiger partial charge on any atom is 0.244 e. The highest BCUT2D eigenvalue weighted by atomic mass is 16.2. The van der Waals surface area contributed by atoms with E-state index in [1.165, 1.54) is 0 Å². The maximum absolute atomic E-state index is 12.4. The first-order valence-electron chi connectivity index (χ1n) is 7.48. The average molecular weight is 285 g/mol. The van der Waals surface area contributed by atoms with Crippen molar-refractivity contribution in [1.29, 1.82) is 0 Å². The van der Waals surface area contributed by atoms with Crippen molar-refractivity contribution in [3.63, 3.8) is 0 Å². The number of aromatic nitrogens is 1. The van der Waals surface area contributed by atoms with E-state index in [0.29, 0.717) is 0 Å². The lowest BCUT2D eigenvalue weighted by Crippen LogP contribution is -2.41. The number of anilines is 1. The predicted molar refractivity (Wildman–Crippen MR) is 87.5 cm³/mol. The second-order valence-corrected chi connectivity index (χ2v) is 5.20. The van der Waals surface area contributed by atoms with Crippen molar-refractivity contribution in [1.82, 2.24) is 9.88 Å². The number of hydrogen-bond donors (Lipinski definition) is 1. The van der Waals surface area contributed by atoms with Crippen LogP contribution >= 0.6 is 0 Å². The smallest absolute Gasteiger partial charge is 0.244 e. The summed E-state index contributed by atoms with van der Waals surface area (Å²) < 4.78 is 0. The molecule has 0 saturated carbocycles. The van der Waals surface area contributed by atoms with Crippen LogP contribution in [-0.4, -0.2) is 34.9 Å². The summed E-state index contributed by atoms with van der Waals surface area (Å²) in [5.74, 6) is 0.124. The lowest BCUT2D eigenvalue weighted by Gasteiger charge is -2.24. The molecular formula is C17H23N3O. The molecule has 1 aromatic carbocycles. The van der Waals surface area contributed by atoms with Crippen molar-refractivity contribution >= 4 is 22.5 Å². The molecule has 1 heterocycles. The second kappa shape index (κ2) is 6.57. The quantitative estimate of drug-likeness (QED) is 0.917. The Morgan fingerprint density at radius 1 is 1.29 bits per heavy atom. The Bertz CT molecular complexity index is 635. The minimum absolute atomic E-state index is 0.124. The Hall–Kier alpha value is -2.10. The zero-order valence-corrected chi connectivity index (χ0v) is 13.2. The molecule has 0 fully saturated rings. The van der Waals surface area contributed by atoms with Gasteiger partial charge in [0.1, 0.15) is 6.04 Å². The summed E-state index contributed by atoms with van der Waals surface area (Å²) >= 11 is 0. The molecule has 0 aliphatic carbocycles. The van der Waals surface area contributed by atoms with Crippen LogP contribution in [0.2, 0.25) is 0 Å². The van der Waals surface area contributed by atoms with Gasteiger partial charge in [-0.15, -0.1) is 0 Å². The molecule has 0 bridgehead atoms. The topological polar surface area (TPSA) is 45.2 Å². The summed E-state index contributed by atoms with van der Waals surface area (Å²) in [6.45, 7) is 9.34. The van der Waals surface area contributed by atoms with Crippen molar-refractivity contribution in [3.05, 3.63) is 36.0 Å². The van der Waals surface area contributed by atoms with E-state index < -0.39 is 0 Å². The number of carbonyl (C=O) groups is 1. The third-order valence-corrected chi connectivity index (χ3v) is 3.66. The number of fused-ring (bicyclic) bond motifs is 1. The van der Waals surface area contributed by atoms with Crippen LogP contribution < -0.4 is 5.32 Å². The molecule has 21 heavy (non-hydrogen) atoms. The molecule has 1 aromatic heterocycles. The molecule has 4 nitrogen and oxygen atoms in total. The van der Waals surface area contributed by atoms with E-state index in [9.17, 15) is 4.79 Å². The molecule has 4 heteroatoms. The number of aryl methyl sites for hydroxylation is 1. The van der Waals surface area contributed by atoms with E-state index >= 15 is 0 Å². The molecule has 1 atom stereocenters. The van der Waals surface area contributed by atoms with Gasteiger partial charge in [-0.1, -0.05) is 18.2 Å². The van der Waals surface area contributed by atoms with E-state index in [2.05, 4.69) is 10.3 Å². The average Bonchev–Trinajstić information content (AvgIpc) is 2.48. The lowest BCUT2D eigenvalue weighted by atomic mass is 10.1. The van der Waals surface area contributed by atoms with E-state index in [0.717, 1.165) is 35.4 Å². The molecule has 0 aliphatic heterocycles. The molecule has 2 aromatic rings. The van der Waals surface area contributed by atoms with Crippen molar-refractivity contribution < 1.29 is 4.79 Å². The summed E-state index contributed by atoms with van der Waals surface area (Å²) in [7, 11) is 0. The first kappa shape index (κ1) is 15.3. The normalized spacial score (nSPS) is 12.2. The number of likely N-dealkylation sites (N-methyl/N-ethyl adjacent to an activating group) is 1. The number of rotatable bonds is 5. The zero-order valence-electron chi connectivity index (χ0n) is 13.2. The lowest BCUT2D eigenvalue weighted by molar-refractivity contribution is -0.131. The fraction of sp³-hybridized carbons (Fsp3) is 0.412. The second-order valence-electron chi connectivity index (χ2n) is 5.20. The third-order valence-electron chi connectivity index (χ3n) is 3.66. The fourth-order valence-corrected chi connectivity index (χ4v) is 2.53. The zero-order chi connectivity index (χ0) is 15.4. The highest BCUT2D eigenvalue weighted by Gasteiger charge is 2.18. The summed E-state index contributed by atoms with van der Waals surface area (Å²) in [5.41, 5.74) is 2.85. The molecule has 0 radical (unpaired) electrons. The molecular weight excluding hydrogens is 262 g/mol. The molecule has 1 amide bonds. The van der Waals surface area contributed by atoms with Crippen LogP contribution in [0.5, 0.6) is 0 Å². The van der Waals surface area contributed by atoms with Crippen LogP contribution in [-0.2, 0) is 4.79 Å². The Morgan fingerprint density at radius 3 is 2.62 bits per heavy atom. The monoisotopic (exact) mass is 285 g/mol. The Morgan fingerprint density at radius 2 is 1.95 bits per heavy atom. The highest BCUT2D eigenvalue weighted by Crippen LogP contribution is 2.23. The fourth-order valence-electron chi connectivity index (χ4n) is 2.53. The van der Waals surface area contributed by atoms with Gasteiger partial charge in [0.2, 0.25) is 5.91 Å². The van der Waals surface area contributed by atoms with E-state index in [-0.39, 0.29) is 11.9 Å². The number of pyridine rings is 1. The molecule has 1 N–H and O–H groups in total. The third kappa shape index (κ3) is 3.32. The number of nitrogens with zero attached hydrogens (tertiary/aromatic N) is 2. The van der Waals surface area contributed by atoms with E-state index in [4.69, 9.17) is 0 Å². The van der Waals surface area contributed by atoms with Gasteiger partial charge >= 0.3 is 0 Å². The minimum Gasteiger partial charge on any atom is -0.373 e. The first-order valence-corrected chi connectivity index (χ1v) is 7.48. The number of hydrogen-bond acceptors (Lipinski definition) is 3. The number of amides is 1. The van der Waals surface area contributed by atoms with Crippen LogP contribution in [0.15, 0.2) is 30.3 Å². The Labute approximate surface area is 126 Å². The van der Waals surface area contributed by atoms with Crippen LogP contribution in [0.25, 0.3) is 10.9 Å². The van der Waals surface area contributed by atoms with Crippen molar-refractivity contribution in [3.8, 4) is 0 Å². The van der Waals surface area contributed by atoms with Gasteiger partial charge in [0, 0.05) is 29.9 Å². The number of benzene rings is 1. The predicted octanol–water partition coefficient (Wildman–Crippen LogP) is 3.21. The SMILES string of the molecule is CCN(CC)C(=O)C(C)Nc1cc(C)nc2ccccc12. The van der Waals surface area contributed by atoms with Gasteiger partial charge in [0.15, 0.2) is 0 Å². The van der Waals surface area contributed by atoms with Gasteiger partial charge in [0.25, 0.3) is 0 Å². The molecule has 0 aliphatic rings. The van der Waals surface area contributed by atoms with Crippen LogP contribution in [0, 0.1) is 6.92 Å². The van der Waals surface area contributed by atoms with Crippen molar-refractivity contribution in [2.45, 2.75) is 33.7 Å². The molecule has 0 spiro atoms. The Balaban J connectivity index is 2.29. The van der Waals surface area contributed by atoms with E-state index in [1.54, 1.807) is 0 Å². The summed E-state index contributed by atoms with van der Waals surface area (Å²) in [6, 6.07) is 9.72. The maximum atomic E-state index is 12.4. The largest absolute Gasteiger partial charge is 0.373 e. The van der Waals surface area contributed by atoms with Gasteiger partial charge in [-0.25, -0.2) is 0 Å². The first-order chi connectivity index (χ1) is 10.1. The number of carbonyl (C=O) groups excluding carboxylic acids is 1. The highest BCUT2D eigenvalue weighted by molar-refractivity contribution is 5.94. The van der Waals surface area contributed by atoms with Crippen LogP contribution in [0.3, 0.4) is 0 Å². The molecule has 0 saturated heterocycles. The standard InChI is InChI=1S/C17H23N3O/c1-5-20(6-2)17(21)13(4)19-16-11-12(3)18-15-10-8-7-9-14(15)16/h7-11,13H,5-6H2,1-4H3,(H,18,19). The summed E-state index contributed by atoms with van der Waals surface area (Å²) in [5, 5.41) is 4.39. The molecule has 112 valence electrons. The number of nitrogens with one attached hydrogen (secondary N) is 1. The van der Waals surface area contributed by atoms with E-state index in [1.807, 2.05) is 62.9 Å². The summed E-state index contributed by atoms with van der Waals surface area (Å²) in [4.78, 5) is 18.7. The van der Waals surface area contributed by atoms with Gasteiger partial charge in [0.05, 0.1) is 5.52 Å². The van der Waals surface area contributed by atoms with Crippen LogP contribution in [0.4, 0.5) is 5.69 Å². The van der Waals surface area contributed by atoms with Gasteiger partial charge in [-0.2, -0.15) is 0 Å². The van der Waals surface area contributed by atoms with Gasteiger partial charge < -0.3 is 10.2 Å². The summed E-state index contributed by atoms with van der Waals surface area (Å²) in [6.07, 6.45) is 0. The van der Waals surface area contributed by atoms with Crippen LogP contribution in [0.1, 0.15) is 26.5 Å². The van der Waals surface area contributed by atoms with Crippen molar-refractivity contribution in [2.24, 2.45) is 0 Å². The molecule has 2 rings (SSSR count). The Kier molecular flexibility index (Phi) is 4.78. The van der Waals surface area contributed by atoms with Gasteiger partial charge in [-0.05, 0) is 39.8 Å². The van der Waals surface area contributed by atoms with Crippen molar-refractivity contribution in [2.75, 3.05) is 18.4 Å². The minimum atomic E-state index is -0.255. The van der Waals surface area contributed by atoms with Gasteiger partial charge in [-0.3, -0.25) is 9.78 Å².